The lowest BCUT2D eigenvalue weighted by atomic mass is 9.89. The molecule has 0 atom stereocenters. The number of allylic oxidation sites excluding steroid dienone is 1. The van der Waals surface area contributed by atoms with E-state index in [9.17, 15) is 0 Å². The van der Waals surface area contributed by atoms with Crippen molar-refractivity contribution < 1.29 is 0 Å². The number of hydrogen-bond donors (Lipinski definition) is 1. The van der Waals surface area contributed by atoms with E-state index in [4.69, 9.17) is 10.4 Å². The molecule has 286 valence electrons. The van der Waals surface area contributed by atoms with Gasteiger partial charge < -0.3 is 4.57 Å². The number of aliphatic imine (C=N–C) groups is 1. The van der Waals surface area contributed by atoms with Gasteiger partial charge in [-0.1, -0.05) is 182 Å². The monoisotopic (exact) mass is 777 g/mol. The van der Waals surface area contributed by atoms with Crippen LogP contribution in [0.3, 0.4) is 0 Å². The van der Waals surface area contributed by atoms with E-state index in [1.807, 2.05) is 36.4 Å². The number of rotatable bonds is 7. The fourth-order valence-corrected chi connectivity index (χ4v) is 8.97. The van der Waals surface area contributed by atoms with Crippen LogP contribution in [-0.2, 0) is 0 Å². The van der Waals surface area contributed by atoms with Crippen molar-refractivity contribution in [2.75, 3.05) is 0 Å². The Morgan fingerprint density at radius 2 is 1.02 bits per heavy atom. The van der Waals surface area contributed by atoms with Crippen molar-refractivity contribution in [1.29, 1.82) is 5.41 Å². The minimum Gasteiger partial charge on any atom is -0.309 e. The molecule has 11 aromatic rings. The highest BCUT2D eigenvalue weighted by Crippen LogP contribution is 2.40. The topological polar surface area (TPSA) is 41.1 Å². The summed E-state index contributed by atoms with van der Waals surface area (Å²) in [7, 11) is 0. The third kappa shape index (κ3) is 6.59. The molecule has 0 spiro atoms. The number of para-hydroxylation sites is 2. The van der Waals surface area contributed by atoms with Gasteiger partial charge in [0, 0.05) is 27.6 Å². The third-order valence-corrected chi connectivity index (χ3v) is 11.8. The molecule has 3 heteroatoms. The summed E-state index contributed by atoms with van der Waals surface area (Å²) in [5, 5.41) is 19.0. The van der Waals surface area contributed by atoms with Crippen molar-refractivity contribution in [3.05, 3.63) is 241 Å². The lowest BCUT2D eigenvalue weighted by molar-refractivity contribution is 1.18. The van der Waals surface area contributed by atoms with E-state index in [0.29, 0.717) is 5.71 Å². The predicted molar refractivity (Wildman–Crippen MR) is 259 cm³/mol. The Morgan fingerprint density at radius 3 is 1.80 bits per heavy atom. The fourth-order valence-electron chi connectivity index (χ4n) is 8.97. The van der Waals surface area contributed by atoms with Crippen LogP contribution in [0.2, 0.25) is 0 Å². The van der Waals surface area contributed by atoms with E-state index in [0.717, 1.165) is 44.5 Å². The highest BCUT2D eigenvalue weighted by Gasteiger charge is 2.15. The molecule has 10 aromatic carbocycles. The second-order valence-electron chi connectivity index (χ2n) is 15.5. The summed E-state index contributed by atoms with van der Waals surface area (Å²) in [4.78, 5) is 4.98. The lowest BCUT2D eigenvalue weighted by Crippen LogP contribution is -2.05. The van der Waals surface area contributed by atoms with E-state index in [1.165, 1.54) is 54.2 Å². The Hall–Kier alpha value is -8.14. The van der Waals surface area contributed by atoms with Crippen molar-refractivity contribution in [3.63, 3.8) is 0 Å². The summed E-state index contributed by atoms with van der Waals surface area (Å²) in [6.07, 6.45) is 4.16. The quantitative estimate of drug-likeness (QED) is 0.0725. The van der Waals surface area contributed by atoms with Gasteiger partial charge in [0.2, 0.25) is 0 Å². The Balaban J connectivity index is 0.990. The van der Waals surface area contributed by atoms with E-state index in [1.54, 1.807) is 0 Å². The maximum Gasteiger partial charge on any atom is 0.152 e. The first-order valence-electron chi connectivity index (χ1n) is 20.7. The second-order valence-corrected chi connectivity index (χ2v) is 15.5. The van der Waals surface area contributed by atoms with Crippen LogP contribution in [0.4, 0.5) is 0 Å². The molecule has 1 N–H and O–H groups in total. The first kappa shape index (κ1) is 36.0. The highest BCUT2D eigenvalue weighted by atomic mass is 15.0. The number of nitrogens with one attached hydrogen (secondary N) is 1. The van der Waals surface area contributed by atoms with Crippen LogP contribution >= 0.6 is 0 Å². The zero-order valence-electron chi connectivity index (χ0n) is 33.3. The van der Waals surface area contributed by atoms with E-state index < -0.39 is 0 Å². The molecule has 61 heavy (non-hydrogen) atoms. The van der Waals surface area contributed by atoms with Crippen LogP contribution in [0.1, 0.15) is 16.7 Å². The second kappa shape index (κ2) is 15.2. The number of nitrogens with zero attached hydrogens (tertiary/aromatic N) is 2. The van der Waals surface area contributed by atoms with Gasteiger partial charge in [-0.05, 0) is 109 Å². The third-order valence-electron chi connectivity index (χ3n) is 11.8. The Kier molecular flexibility index (Phi) is 8.98. The molecule has 3 nitrogen and oxygen atoms in total. The number of benzene rings is 10. The molecule has 0 aliphatic carbocycles. The van der Waals surface area contributed by atoms with Crippen molar-refractivity contribution in [1.82, 2.24) is 4.57 Å². The molecule has 0 bridgehead atoms. The van der Waals surface area contributed by atoms with Gasteiger partial charge in [0.05, 0.1) is 16.7 Å². The van der Waals surface area contributed by atoms with Crippen LogP contribution in [0, 0.1) is 5.41 Å². The van der Waals surface area contributed by atoms with E-state index in [2.05, 4.69) is 199 Å². The van der Waals surface area contributed by atoms with Gasteiger partial charge in [0.15, 0.2) is 5.84 Å². The summed E-state index contributed by atoms with van der Waals surface area (Å²) < 4.78 is 2.32. The van der Waals surface area contributed by atoms with Crippen LogP contribution in [0.15, 0.2) is 229 Å². The summed E-state index contributed by atoms with van der Waals surface area (Å²) in [5.41, 5.74) is 11.5. The molecule has 11 rings (SSSR count). The van der Waals surface area contributed by atoms with Gasteiger partial charge in [0.1, 0.15) is 0 Å². The molecule has 0 aliphatic rings. The molecule has 1 aromatic heterocycles. The molecule has 0 radical (unpaired) electrons. The van der Waals surface area contributed by atoms with Gasteiger partial charge >= 0.3 is 0 Å². The highest BCUT2D eigenvalue weighted by molar-refractivity contribution is 6.20. The largest absolute Gasteiger partial charge is 0.309 e. The minimum atomic E-state index is 0.210. The molecule has 0 fully saturated rings. The van der Waals surface area contributed by atoms with Crippen LogP contribution in [-0.4, -0.2) is 16.1 Å². The fraction of sp³-hybridized carbons (Fsp3) is 0. The number of fused-ring (bicyclic) bond motifs is 7. The first-order valence-corrected chi connectivity index (χ1v) is 20.7. The average Bonchev–Trinajstić information content (AvgIpc) is 3.67. The lowest BCUT2D eigenvalue weighted by Gasteiger charge is -2.15. The van der Waals surface area contributed by atoms with Crippen LogP contribution in [0.5, 0.6) is 0 Å². The SMILES string of the molecule is N=C(N=C(/C=C/c1cccc(-c2cccc(-c3c4ccccc4cc4c3ccc3ccccc34)c2)c1)c1cccc(-n2c3ccccc3c3ccccc32)c1)c1ccccc1. The first-order chi connectivity index (χ1) is 30.2. The van der Waals surface area contributed by atoms with Gasteiger partial charge in [0.25, 0.3) is 0 Å². The maximum absolute atomic E-state index is 9.05. The van der Waals surface area contributed by atoms with Crippen LogP contribution < -0.4 is 0 Å². The van der Waals surface area contributed by atoms with Crippen LogP contribution in [0.25, 0.3) is 88.1 Å². The molecule has 0 saturated carbocycles. The standard InChI is InChI=1S/C58H39N3/c59-58(41-17-2-1-3-18-41)60-54(45-22-14-24-47(37-45)61-55-29-10-8-27-50(55)51-28-9-11-30-56(51)61)34-31-39-15-12-20-42(35-39)43-21-13-23-46(36-43)57-49-26-7-5-19-44(49)38-53-48-25-6-4-16-40(48)32-33-52(53)57/h1-38,59H/b34-31+,59-58?,60-54?. The van der Waals surface area contributed by atoms with Gasteiger partial charge in [-0.15, -0.1) is 0 Å². The zero-order valence-corrected chi connectivity index (χ0v) is 33.3. The zero-order chi connectivity index (χ0) is 40.7. The molecule has 0 unspecified atom stereocenters. The van der Waals surface area contributed by atoms with Gasteiger partial charge in [-0.25, -0.2) is 4.99 Å². The molecule has 0 aliphatic heterocycles. The Labute approximate surface area is 354 Å². The van der Waals surface area contributed by atoms with Crippen molar-refractivity contribution in [2.24, 2.45) is 4.99 Å². The molecule has 1 heterocycles. The minimum absolute atomic E-state index is 0.210. The normalized spacial score (nSPS) is 12.0. The average molecular weight is 778 g/mol. The Bertz CT molecular complexity index is 3500. The maximum atomic E-state index is 9.05. The number of amidine groups is 1. The smallest absolute Gasteiger partial charge is 0.152 e. The van der Waals surface area contributed by atoms with E-state index in [-0.39, 0.29) is 5.84 Å². The summed E-state index contributed by atoms with van der Waals surface area (Å²) in [5.74, 6) is 0.210. The molecular weight excluding hydrogens is 739 g/mol. The molecular formula is C58H39N3. The van der Waals surface area contributed by atoms with Crippen molar-refractivity contribution >= 4 is 71.7 Å². The van der Waals surface area contributed by atoms with Crippen molar-refractivity contribution in [3.8, 4) is 27.9 Å². The van der Waals surface area contributed by atoms with Crippen molar-refractivity contribution in [2.45, 2.75) is 0 Å². The summed E-state index contributed by atoms with van der Waals surface area (Å²) in [6.45, 7) is 0. The number of hydrogen-bond acceptors (Lipinski definition) is 1. The Morgan fingerprint density at radius 1 is 0.410 bits per heavy atom. The summed E-state index contributed by atoms with van der Waals surface area (Å²) in [6, 6.07) is 77.2. The molecule has 0 amide bonds. The predicted octanol–water partition coefficient (Wildman–Crippen LogP) is 15.1. The summed E-state index contributed by atoms with van der Waals surface area (Å²) >= 11 is 0. The molecule has 0 saturated heterocycles. The number of aromatic nitrogens is 1. The van der Waals surface area contributed by atoms with E-state index >= 15 is 0 Å². The van der Waals surface area contributed by atoms with Gasteiger partial charge in [-0.3, -0.25) is 5.41 Å². The van der Waals surface area contributed by atoms with Gasteiger partial charge in [-0.2, -0.15) is 0 Å².